The van der Waals surface area contributed by atoms with Crippen LogP contribution in [0.4, 0.5) is 0 Å². The van der Waals surface area contributed by atoms with E-state index in [4.69, 9.17) is 26.4 Å². The minimum absolute atomic E-state index is 0.00852. The van der Waals surface area contributed by atoms with E-state index >= 15 is 24.0 Å². The average molecular weight is 1960 g/mol. The minimum atomic E-state index is -1.76. The summed E-state index contributed by atoms with van der Waals surface area (Å²) in [4.78, 5) is 238. The summed E-state index contributed by atoms with van der Waals surface area (Å²) in [6.45, 7) is 5.83. The number of tetrazole rings is 1. The van der Waals surface area contributed by atoms with Gasteiger partial charge in [0, 0.05) is 113 Å². The summed E-state index contributed by atoms with van der Waals surface area (Å²) in [5.41, 5.74) is 13.2. The van der Waals surface area contributed by atoms with Gasteiger partial charge in [-0.25, -0.2) is 10.1 Å². The molecule has 2 saturated heterocycles. The van der Waals surface area contributed by atoms with Crippen LogP contribution in [-0.2, 0) is 112 Å². The second kappa shape index (κ2) is 62.9. The summed E-state index contributed by atoms with van der Waals surface area (Å²) >= 11 is 0. The number of nitrogens with one attached hydrogen (secondary N) is 19. The third kappa shape index (κ3) is 43.2. The molecular weight excluding hydrogens is 1810 g/mol. The first kappa shape index (κ1) is 114. The molecule has 0 spiro atoms. The smallest absolute Gasteiger partial charge is 0.246 e. The zero-order valence-corrected chi connectivity index (χ0v) is 80.9. The Bertz CT molecular complexity index is 4750. The molecule has 2 fully saturated rings. The van der Waals surface area contributed by atoms with Crippen molar-refractivity contribution in [3.05, 3.63) is 96.0 Å². The molecule has 3 aromatic heterocycles. The number of hydrogen-bond donors (Lipinski definition) is 23. The SMILES string of the molecule is CC(=O)[C@@H]1CCCCNC(=O)CC[C@H](NC(=O)[C@@H](CC(C)C)NC(=O)[C@H](CNC(C)C)NC(=O)[C@H](Cc2c[nH]cn2)NC(=O)[C@H](CCC(N)=O)NC(=O)[C@H](CO)NC(=O)CNC(=O)COCCOCCNC(=O)CCCCCCCCCCCCCCCc2nnn[nH]2)C(=O)N2C[C@H](O)C[C@H]2C(=O)N[C@H](Cc2ccccc2)C(=O)N[C@@H](CCCNC(=N)N)C(=O)N[C@@H](Cc2c[nH]c3ccccc23)C(=O)N1. The van der Waals surface area contributed by atoms with Crippen molar-refractivity contribution < 1.29 is 96.4 Å². The van der Waals surface area contributed by atoms with Gasteiger partial charge in [-0.3, -0.25) is 82.1 Å². The van der Waals surface area contributed by atoms with E-state index in [1.807, 2.05) is 18.2 Å². The average Bonchev–Trinajstić information content (AvgIpc) is 1.58. The molecule has 7 rings (SSSR count). The Morgan fingerprint density at radius 3 is 1.91 bits per heavy atom. The third-order valence-electron chi connectivity index (χ3n) is 23.7. The van der Waals surface area contributed by atoms with Crippen molar-refractivity contribution in [2.75, 3.05) is 72.3 Å². The van der Waals surface area contributed by atoms with Crippen molar-refractivity contribution in [3.8, 4) is 0 Å². The number of aromatic amines is 3. The predicted octanol–water partition coefficient (Wildman–Crippen LogP) is -1.55. The van der Waals surface area contributed by atoms with Crippen LogP contribution in [0.15, 0.2) is 73.3 Å². The summed E-state index contributed by atoms with van der Waals surface area (Å²) < 4.78 is 10.9. The number of rotatable bonds is 57. The summed E-state index contributed by atoms with van der Waals surface area (Å²) in [6.07, 6.45) is 16.8. The van der Waals surface area contributed by atoms with E-state index in [9.17, 15) is 63.0 Å². The van der Waals surface area contributed by atoms with Gasteiger partial charge in [-0.15, -0.1) is 5.10 Å². The molecule has 2 aliphatic heterocycles. The van der Waals surface area contributed by atoms with Crippen molar-refractivity contribution in [1.82, 2.24) is 120 Å². The molecule has 5 aromatic rings. The normalized spacial score (nSPS) is 18.7. The topological polar surface area (TPSA) is 691 Å². The Morgan fingerprint density at radius 1 is 0.614 bits per heavy atom. The number of nitrogens with zero attached hydrogens (tertiary/aromatic N) is 5. The van der Waals surface area contributed by atoms with Crippen LogP contribution < -0.4 is 91.2 Å². The van der Waals surface area contributed by atoms with Gasteiger partial charge in [0.2, 0.25) is 88.6 Å². The fourth-order valence-corrected chi connectivity index (χ4v) is 16.1. The third-order valence-corrected chi connectivity index (χ3v) is 23.7. The molecule has 140 heavy (non-hydrogen) atoms. The van der Waals surface area contributed by atoms with Gasteiger partial charge in [-0.1, -0.05) is 147 Å². The van der Waals surface area contributed by atoms with Crippen molar-refractivity contribution in [2.24, 2.45) is 17.4 Å². The first-order valence-corrected chi connectivity index (χ1v) is 48.7. The maximum Gasteiger partial charge on any atom is 0.246 e. The number of imidazole rings is 1. The van der Waals surface area contributed by atoms with Crippen LogP contribution in [0.2, 0.25) is 0 Å². The lowest BCUT2D eigenvalue weighted by Gasteiger charge is -2.31. The highest BCUT2D eigenvalue weighted by Crippen LogP contribution is 2.25. The maximum absolute atomic E-state index is 15.5. The fourth-order valence-electron chi connectivity index (χ4n) is 16.1. The number of hydrogen-bond acceptors (Lipinski definition) is 26. The molecule has 25 N–H and O–H groups in total. The summed E-state index contributed by atoms with van der Waals surface area (Å²) in [5, 5.41) is 84.4. The van der Waals surface area contributed by atoms with Crippen LogP contribution in [0, 0.1) is 11.3 Å². The first-order valence-electron chi connectivity index (χ1n) is 48.7. The van der Waals surface area contributed by atoms with E-state index in [1.54, 1.807) is 70.3 Å². The highest BCUT2D eigenvalue weighted by atomic mass is 16.5. The monoisotopic (exact) mass is 1960 g/mol. The second-order valence-corrected chi connectivity index (χ2v) is 36.2. The second-order valence-electron chi connectivity index (χ2n) is 36.2. The maximum atomic E-state index is 15.5. The number of carbonyl (C=O) groups is 16. The molecule has 5 heterocycles. The number of benzene rings is 2. The molecule has 0 bridgehead atoms. The van der Waals surface area contributed by atoms with Gasteiger partial charge in [-0.05, 0) is 105 Å². The zero-order chi connectivity index (χ0) is 102. The number of para-hydroxylation sites is 1. The van der Waals surface area contributed by atoms with Crippen LogP contribution in [-0.4, -0.2) is 302 Å². The summed E-state index contributed by atoms with van der Waals surface area (Å²) in [6, 6.07) is -1.49. The molecular formula is C94H146N26O20. The van der Waals surface area contributed by atoms with Gasteiger partial charge in [0.05, 0.1) is 57.1 Å². The molecule has 0 saturated carbocycles. The Kier molecular flexibility index (Phi) is 51.2. The summed E-state index contributed by atoms with van der Waals surface area (Å²) in [7, 11) is 0. The number of carbonyl (C=O) groups excluding carboxylic acids is 16. The Morgan fingerprint density at radius 2 is 1.24 bits per heavy atom. The number of aromatic nitrogens is 7. The number of aryl methyl sites for hydroxylation is 1. The largest absolute Gasteiger partial charge is 0.394 e. The molecule has 46 heteroatoms. The van der Waals surface area contributed by atoms with Crippen LogP contribution in [0.3, 0.4) is 0 Å². The van der Waals surface area contributed by atoms with Crippen molar-refractivity contribution in [2.45, 2.75) is 299 Å². The molecule has 15 amide bonds. The van der Waals surface area contributed by atoms with Crippen LogP contribution in [0.1, 0.15) is 218 Å². The van der Waals surface area contributed by atoms with Crippen molar-refractivity contribution in [1.29, 1.82) is 5.41 Å². The summed E-state index contributed by atoms with van der Waals surface area (Å²) in [5.74, 6) is -13.2. The number of fused-ring (bicyclic) bond motifs is 2. The van der Waals surface area contributed by atoms with Crippen LogP contribution in [0.5, 0.6) is 0 Å². The number of aliphatic hydroxyl groups is 2. The number of aliphatic hydroxyl groups excluding tert-OH is 2. The number of ether oxygens (including phenoxy) is 2. The number of amides is 15. The van der Waals surface area contributed by atoms with E-state index < -0.39 is 225 Å². The lowest BCUT2D eigenvalue weighted by atomic mass is 10.0. The van der Waals surface area contributed by atoms with Crippen molar-refractivity contribution in [3.63, 3.8) is 0 Å². The number of unbranched alkanes of at least 4 members (excludes halogenated alkanes) is 12. The minimum Gasteiger partial charge on any atom is -0.394 e. The van der Waals surface area contributed by atoms with Crippen LogP contribution in [0.25, 0.3) is 10.9 Å². The fraction of sp³-hybridized carbons (Fsp3) is 0.628. The number of H-pyrrole nitrogens is 3. The number of nitrogens with two attached hydrogens (primary N) is 2. The van der Waals surface area contributed by atoms with E-state index in [0.717, 1.165) is 60.2 Å². The van der Waals surface area contributed by atoms with Gasteiger partial charge in [-0.2, -0.15) is 0 Å². The van der Waals surface area contributed by atoms with E-state index in [-0.39, 0.29) is 127 Å². The number of guanidine groups is 1. The van der Waals surface area contributed by atoms with E-state index in [2.05, 4.69) is 115 Å². The highest BCUT2D eigenvalue weighted by molar-refractivity contribution is 6.01. The number of Topliss-reactive ketones (excluding diaryl/α,β-unsaturated/α-hetero) is 1. The molecule has 2 aromatic carbocycles. The van der Waals surface area contributed by atoms with Gasteiger partial charge in [0.15, 0.2) is 11.7 Å². The predicted molar refractivity (Wildman–Crippen MR) is 514 cm³/mol. The lowest BCUT2D eigenvalue weighted by molar-refractivity contribution is -0.143. The van der Waals surface area contributed by atoms with Gasteiger partial charge >= 0.3 is 0 Å². The van der Waals surface area contributed by atoms with Gasteiger partial charge in [0.1, 0.15) is 72.8 Å². The molecule has 12 atom stereocenters. The van der Waals surface area contributed by atoms with E-state index in [0.29, 0.717) is 17.5 Å². The number of primary amides is 1. The standard InChI is InChI=1S/C94H146N26O20/c1-58(2)45-71(86(131)110-70-36-38-81(126)99-39-25-24-30-66(60(5)122)107-88(133)73(47-62-50-103-67-31-23-22-29-65(62)67)112-84(129)68(32-26-40-101-94(96)97)108-87(132)72(46-61-27-18-17-19-28-61)114-92(137)77-49-64(123)54-120(77)93(70)138)111-90(135)75(52-102-59(3)4)115-89(134)74(48-63-51-98-57-105-63)113-85(130)69(35-37-78(95)124)109-91(136)76(55-121)106-82(127)53-104-83(128)56-140-44-43-139-42-41-100-80(125)34-21-16-14-12-10-8-6-7-9-11-13-15-20-33-79-116-118-119-117-79/h17-19,22-23,27-29,31,50-51,57-59,64,66,68-77,102-103,121,123H,6-16,20-21,24-26,30,32-49,52-56H2,1-5H3,(H2,95,124)(H,98,105)(H,99,126)(H,100,125)(H,104,128)(H,106,127)(H,107,133)(H,108,132)(H,109,136)(H,110,131)(H,111,135)(H,112,129)(H,113,130)(H,114,137)(H,115,134)(H4,96,97,101)(H,116,117,118,119)/t64-,66+,68+,69+,70+,71-,72-,73+,74+,75+,76+,77+/m1/s1. The molecule has 772 valence electrons. The quantitative estimate of drug-likeness (QED) is 0.0119. The van der Waals surface area contributed by atoms with Gasteiger partial charge in [0.25, 0.3) is 0 Å². The molecule has 2 aliphatic rings. The zero-order valence-electron chi connectivity index (χ0n) is 80.9. The van der Waals surface area contributed by atoms with Gasteiger partial charge < -0.3 is 126 Å². The first-order chi connectivity index (χ1) is 67.2. The Labute approximate surface area is 814 Å². The molecule has 46 nitrogen and oxygen atoms in total. The molecule has 0 unspecified atom stereocenters. The molecule has 0 aliphatic carbocycles. The lowest BCUT2D eigenvalue weighted by Crippen LogP contribution is -2.62. The Balaban J connectivity index is 0.976. The number of ketones is 1. The van der Waals surface area contributed by atoms with Crippen LogP contribution >= 0.6 is 0 Å². The highest BCUT2D eigenvalue weighted by Gasteiger charge is 2.45. The molecule has 0 radical (unpaired) electrons. The van der Waals surface area contributed by atoms with E-state index in [1.165, 1.54) is 70.8 Å². The Hall–Kier alpha value is -13.0. The van der Waals surface area contributed by atoms with Crippen molar-refractivity contribution >= 4 is 111 Å².